The van der Waals surface area contributed by atoms with Crippen LogP contribution in [-0.2, 0) is 28.6 Å². The highest BCUT2D eigenvalue weighted by atomic mass is 16.6. The van der Waals surface area contributed by atoms with Crippen molar-refractivity contribution in [2.24, 2.45) is 0 Å². The zero-order valence-electron chi connectivity index (χ0n) is 46.8. The van der Waals surface area contributed by atoms with Crippen molar-refractivity contribution in [1.82, 2.24) is 0 Å². The van der Waals surface area contributed by atoms with Crippen LogP contribution in [0.5, 0.6) is 0 Å². The van der Waals surface area contributed by atoms with Gasteiger partial charge in [-0.15, -0.1) is 0 Å². The number of rotatable bonds is 56. The molecule has 0 aliphatic heterocycles. The van der Waals surface area contributed by atoms with Gasteiger partial charge in [0.15, 0.2) is 6.10 Å². The van der Waals surface area contributed by atoms with E-state index in [1.807, 2.05) is 0 Å². The summed E-state index contributed by atoms with van der Waals surface area (Å²) in [5, 5.41) is 0. The second-order valence-electron chi connectivity index (χ2n) is 20.6. The van der Waals surface area contributed by atoms with Gasteiger partial charge in [-0.05, 0) is 103 Å². The molecule has 0 radical (unpaired) electrons. The van der Waals surface area contributed by atoms with Gasteiger partial charge in [-0.3, -0.25) is 14.4 Å². The maximum absolute atomic E-state index is 12.9. The smallest absolute Gasteiger partial charge is 0.306 e. The van der Waals surface area contributed by atoms with E-state index in [4.69, 9.17) is 14.2 Å². The van der Waals surface area contributed by atoms with E-state index in [0.717, 1.165) is 70.6 Å². The van der Waals surface area contributed by atoms with E-state index >= 15 is 0 Å². The van der Waals surface area contributed by atoms with Crippen LogP contribution in [0, 0.1) is 0 Å². The lowest BCUT2D eigenvalue weighted by atomic mass is 10.1. The van der Waals surface area contributed by atoms with Gasteiger partial charge in [0.1, 0.15) is 13.2 Å². The number of unbranched alkanes of at least 4 members (excludes halogenated alkanes) is 37. The van der Waals surface area contributed by atoms with E-state index < -0.39 is 6.10 Å². The normalized spacial score (nSPS) is 12.3. The molecule has 0 aliphatic rings. The molecule has 408 valence electrons. The van der Waals surface area contributed by atoms with E-state index in [1.165, 1.54) is 212 Å². The first-order valence-electron chi connectivity index (χ1n) is 30.6. The minimum Gasteiger partial charge on any atom is -0.462 e. The molecule has 1 atom stereocenters. The third-order valence-electron chi connectivity index (χ3n) is 13.5. The Hall–Kier alpha value is -2.63. The molecule has 0 amide bonds. The maximum Gasteiger partial charge on any atom is 0.306 e. The zero-order chi connectivity index (χ0) is 50.7. The summed E-state index contributed by atoms with van der Waals surface area (Å²) in [7, 11) is 0. The van der Waals surface area contributed by atoms with Gasteiger partial charge in [-0.1, -0.05) is 249 Å². The summed E-state index contributed by atoms with van der Waals surface area (Å²) in [6.07, 6.45) is 72.4. The van der Waals surface area contributed by atoms with Crippen LogP contribution in [-0.4, -0.2) is 37.2 Å². The third kappa shape index (κ3) is 56.3. The van der Waals surface area contributed by atoms with Crippen LogP contribution in [0.4, 0.5) is 0 Å². The largest absolute Gasteiger partial charge is 0.462 e. The molecule has 6 nitrogen and oxygen atoms in total. The average molecular weight is 982 g/mol. The predicted octanol–water partition coefficient (Wildman–Crippen LogP) is 20.6. The van der Waals surface area contributed by atoms with Gasteiger partial charge in [-0.25, -0.2) is 0 Å². The summed E-state index contributed by atoms with van der Waals surface area (Å²) in [5.74, 6) is -0.879. The fourth-order valence-corrected chi connectivity index (χ4v) is 8.88. The van der Waals surface area contributed by atoms with Crippen LogP contribution in [0.25, 0.3) is 0 Å². The summed E-state index contributed by atoms with van der Waals surface area (Å²) >= 11 is 0. The molecule has 0 rings (SSSR count). The Morgan fingerprint density at radius 3 is 0.800 bits per heavy atom. The highest BCUT2D eigenvalue weighted by Crippen LogP contribution is 2.16. The topological polar surface area (TPSA) is 78.9 Å². The van der Waals surface area contributed by atoms with Crippen LogP contribution >= 0.6 is 0 Å². The minimum atomic E-state index is -0.780. The molecule has 0 saturated carbocycles. The van der Waals surface area contributed by atoms with E-state index in [9.17, 15) is 14.4 Å². The van der Waals surface area contributed by atoms with Gasteiger partial charge in [-0.2, -0.15) is 0 Å². The lowest BCUT2D eigenvalue weighted by Crippen LogP contribution is -2.30. The number of allylic oxidation sites excluding steroid dienone is 8. The van der Waals surface area contributed by atoms with Crippen LogP contribution in [0.2, 0.25) is 0 Å². The molecule has 0 aromatic carbocycles. The van der Waals surface area contributed by atoms with Crippen molar-refractivity contribution in [3.63, 3.8) is 0 Å². The molecule has 70 heavy (non-hydrogen) atoms. The Balaban J connectivity index is 4.35. The van der Waals surface area contributed by atoms with Crippen LogP contribution in [0.1, 0.15) is 323 Å². The number of esters is 3. The Kier molecular flexibility index (Phi) is 56.7. The molecule has 0 saturated heterocycles. The van der Waals surface area contributed by atoms with Crippen molar-refractivity contribution >= 4 is 17.9 Å². The first-order valence-corrected chi connectivity index (χ1v) is 30.6. The number of hydrogen-bond donors (Lipinski definition) is 0. The first-order chi connectivity index (χ1) is 34.5. The van der Waals surface area contributed by atoms with Gasteiger partial charge in [0, 0.05) is 19.3 Å². The summed E-state index contributed by atoms with van der Waals surface area (Å²) in [6.45, 7) is 6.64. The summed E-state index contributed by atoms with van der Waals surface area (Å²) in [4.78, 5) is 38.2. The second kappa shape index (κ2) is 58.9. The molecular weight excluding hydrogens is 865 g/mol. The fourth-order valence-electron chi connectivity index (χ4n) is 8.88. The number of hydrogen-bond acceptors (Lipinski definition) is 6. The van der Waals surface area contributed by atoms with E-state index in [-0.39, 0.29) is 31.1 Å². The van der Waals surface area contributed by atoms with Crippen LogP contribution in [0.3, 0.4) is 0 Å². The monoisotopic (exact) mass is 981 g/mol. The van der Waals surface area contributed by atoms with Crippen LogP contribution < -0.4 is 0 Å². The van der Waals surface area contributed by atoms with E-state index in [0.29, 0.717) is 19.3 Å². The molecule has 0 bridgehead atoms. The molecule has 0 N–H and O–H groups in total. The lowest BCUT2D eigenvalue weighted by Gasteiger charge is -2.18. The predicted molar refractivity (Wildman–Crippen MR) is 302 cm³/mol. The Bertz CT molecular complexity index is 1220. The van der Waals surface area contributed by atoms with Crippen molar-refractivity contribution in [3.05, 3.63) is 48.6 Å². The number of ether oxygens (including phenoxy) is 3. The standard InChI is InChI=1S/C64H116O6/c1-4-7-10-13-16-19-22-25-28-30-31-32-33-35-36-39-42-45-48-51-54-57-63(66)69-60-61(59-68-62(65)56-53-50-47-44-41-38-27-24-21-18-15-12-9-6-3)70-64(67)58-55-52-49-46-43-40-37-34-29-26-23-20-17-14-11-8-5-2/h22,24-27,29-31,61H,4-21,23,28,32-60H2,1-3H3/b25-22-,27-24-,29-26-,31-30-. The molecule has 6 heteroatoms. The molecule has 0 heterocycles. The fraction of sp³-hybridized carbons (Fsp3) is 0.828. The van der Waals surface area contributed by atoms with E-state index in [2.05, 4.69) is 69.4 Å². The van der Waals surface area contributed by atoms with Gasteiger partial charge >= 0.3 is 17.9 Å². The highest BCUT2D eigenvalue weighted by Gasteiger charge is 2.19. The molecule has 0 aromatic heterocycles. The number of carbonyl (C=O) groups excluding carboxylic acids is 3. The highest BCUT2D eigenvalue weighted by molar-refractivity contribution is 5.71. The zero-order valence-corrected chi connectivity index (χ0v) is 46.8. The van der Waals surface area contributed by atoms with Gasteiger partial charge in [0.2, 0.25) is 0 Å². The molecule has 0 aliphatic carbocycles. The Morgan fingerprint density at radius 1 is 0.286 bits per heavy atom. The minimum absolute atomic E-state index is 0.0779. The van der Waals surface area contributed by atoms with E-state index in [1.54, 1.807) is 0 Å². The van der Waals surface area contributed by atoms with Gasteiger partial charge in [0.25, 0.3) is 0 Å². The molecule has 0 aromatic rings. The van der Waals surface area contributed by atoms with Crippen LogP contribution in [0.15, 0.2) is 48.6 Å². The second-order valence-corrected chi connectivity index (χ2v) is 20.6. The van der Waals surface area contributed by atoms with Crippen molar-refractivity contribution < 1.29 is 28.6 Å². The molecule has 1 unspecified atom stereocenters. The molecule has 0 fully saturated rings. The van der Waals surface area contributed by atoms with Crippen molar-refractivity contribution in [3.8, 4) is 0 Å². The van der Waals surface area contributed by atoms with Gasteiger partial charge < -0.3 is 14.2 Å². The molecular formula is C64H116O6. The summed E-state index contributed by atoms with van der Waals surface area (Å²) in [6, 6.07) is 0. The SMILES string of the molecule is CCCCCCC/C=C\C/C=C\CCCCCCCCCCCC(=O)OCC(COC(=O)CCCCCCC/C=C\CCCCCCC)OC(=O)CCCCCCCCC/C=C\CCCCCCCC. The Morgan fingerprint density at radius 2 is 0.514 bits per heavy atom. The average Bonchev–Trinajstić information content (AvgIpc) is 3.36. The first kappa shape index (κ1) is 67.4. The Labute approximate surface area is 435 Å². The van der Waals surface area contributed by atoms with Crippen molar-refractivity contribution in [2.75, 3.05) is 13.2 Å². The maximum atomic E-state index is 12.9. The van der Waals surface area contributed by atoms with Gasteiger partial charge in [0.05, 0.1) is 0 Å². The van der Waals surface area contributed by atoms with Crippen molar-refractivity contribution in [1.29, 1.82) is 0 Å². The summed E-state index contributed by atoms with van der Waals surface area (Å²) in [5.41, 5.74) is 0. The molecule has 0 spiro atoms. The summed E-state index contributed by atoms with van der Waals surface area (Å²) < 4.78 is 16.9. The lowest BCUT2D eigenvalue weighted by molar-refractivity contribution is -0.167. The van der Waals surface area contributed by atoms with Crippen molar-refractivity contribution in [2.45, 2.75) is 329 Å². The number of carbonyl (C=O) groups is 3. The quantitative estimate of drug-likeness (QED) is 0.0261. The third-order valence-corrected chi connectivity index (χ3v) is 13.5.